The van der Waals surface area contributed by atoms with Gasteiger partial charge in [-0.1, -0.05) is 67.9 Å². The number of halogens is 2. The van der Waals surface area contributed by atoms with Gasteiger partial charge in [-0.25, -0.2) is 9.82 Å². The third-order valence-corrected chi connectivity index (χ3v) is 8.01. The minimum absolute atomic E-state index is 0.164. The van der Waals surface area contributed by atoms with Crippen molar-refractivity contribution in [1.82, 2.24) is 10.4 Å². The Morgan fingerprint density at radius 1 is 1.00 bits per heavy atom. The zero-order chi connectivity index (χ0) is 29.5. The van der Waals surface area contributed by atoms with Crippen LogP contribution in [0.25, 0.3) is 0 Å². The SMILES string of the molecule is CC1(C)COC(CCCN2NC3CN=C(c4ccccc4)c4cc(Cl)ccc4N3C(=O)C2=O)(c2ccc(F)cc2)OC1. The van der Waals surface area contributed by atoms with Crippen LogP contribution in [0.5, 0.6) is 0 Å². The number of carbonyl (C=O) groups is 2. The number of fused-ring (bicyclic) bond motifs is 3. The number of amides is 2. The minimum Gasteiger partial charge on any atom is -0.345 e. The molecular formula is C32H32ClFN4O4. The number of ether oxygens (including phenoxy) is 2. The van der Waals surface area contributed by atoms with Gasteiger partial charge in [0.2, 0.25) is 0 Å². The topological polar surface area (TPSA) is 83.5 Å². The van der Waals surface area contributed by atoms with Crippen molar-refractivity contribution < 1.29 is 23.5 Å². The average Bonchev–Trinajstić information content (AvgIpc) is 3.14. The van der Waals surface area contributed by atoms with Gasteiger partial charge >= 0.3 is 11.8 Å². The highest BCUT2D eigenvalue weighted by Gasteiger charge is 2.44. The fraction of sp³-hybridized carbons (Fsp3) is 0.344. The Kier molecular flexibility index (Phi) is 7.61. The number of hydrogen-bond donors (Lipinski definition) is 1. The molecule has 1 N–H and O–H groups in total. The van der Waals surface area contributed by atoms with E-state index in [0.717, 1.165) is 5.56 Å². The summed E-state index contributed by atoms with van der Waals surface area (Å²) in [6, 6.07) is 21.0. The predicted molar refractivity (Wildman–Crippen MR) is 158 cm³/mol. The van der Waals surface area contributed by atoms with E-state index >= 15 is 0 Å². The molecular weight excluding hydrogens is 559 g/mol. The van der Waals surface area contributed by atoms with E-state index in [2.05, 4.69) is 19.3 Å². The largest absolute Gasteiger partial charge is 0.345 e. The molecule has 3 heterocycles. The second-order valence-corrected chi connectivity index (χ2v) is 12.0. The second kappa shape index (κ2) is 11.2. The maximum Gasteiger partial charge on any atom is 0.326 e. The smallest absolute Gasteiger partial charge is 0.326 e. The highest BCUT2D eigenvalue weighted by molar-refractivity contribution is 6.41. The average molecular weight is 591 g/mol. The number of nitrogens with one attached hydrogen (secondary N) is 1. The van der Waals surface area contributed by atoms with Gasteiger partial charge in [0.1, 0.15) is 12.0 Å². The van der Waals surface area contributed by atoms with Gasteiger partial charge < -0.3 is 9.47 Å². The number of rotatable bonds is 6. The third kappa shape index (κ3) is 5.45. The zero-order valence-corrected chi connectivity index (χ0v) is 24.2. The molecule has 0 spiro atoms. The third-order valence-electron chi connectivity index (χ3n) is 7.77. The molecule has 2 fully saturated rings. The number of hydrazine groups is 1. The summed E-state index contributed by atoms with van der Waals surface area (Å²) in [5.41, 5.74) is 6.62. The highest BCUT2D eigenvalue weighted by Crippen LogP contribution is 2.40. The van der Waals surface area contributed by atoms with Crippen molar-refractivity contribution in [3.63, 3.8) is 0 Å². The molecule has 3 aliphatic rings. The lowest BCUT2D eigenvalue weighted by atomic mass is 9.92. The van der Waals surface area contributed by atoms with Gasteiger partial charge in [0.15, 0.2) is 5.79 Å². The molecule has 2 saturated heterocycles. The molecule has 0 aromatic heterocycles. The van der Waals surface area contributed by atoms with Gasteiger partial charge in [-0.2, -0.15) is 0 Å². The summed E-state index contributed by atoms with van der Waals surface area (Å²) < 4.78 is 26.2. The van der Waals surface area contributed by atoms with Gasteiger partial charge in [-0.05, 0) is 36.8 Å². The molecule has 8 nitrogen and oxygen atoms in total. The van der Waals surface area contributed by atoms with E-state index in [0.29, 0.717) is 53.6 Å². The summed E-state index contributed by atoms with van der Waals surface area (Å²) in [5, 5.41) is 1.86. The molecule has 3 aromatic carbocycles. The first-order chi connectivity index (χ1) is 20.2. The van der Waals surface area contributed by atoms with E-state index in [1.54, 1.807) is 30.3 Å². The fourth-order valence-corrected chi connectivity index (χ4v) is 5.74. The van der Waals surface area contributed by atoms with Crippen molar-refractivity contribution in [1.29, 1.82) is 0 Å². The Morgan fingerprint density at radius 2 is 1.71 bits per heavy atom. The Bertz CT molecular complexity index is 1520. The number of benzene rings is 3. The lowest BCUT2D eigenvalue weighted by molar-refractivity contribution is -0.311. The minimum atomic E-state index is -1.08. The Morgan fingerprint density at radius 3 is 2.43 bits per heavy atom. The van der Waals surface area contributed by atoms with Crippen LogP contribution in [0.1, 0.15) is 43.4 Å². The standard InChI is InChI=1S/C32H32ClFN4O4/c1-31(2)19-41-32(42-20-31,22-9-12-24(34)13-10-22)15-6-16-37-29(39)30(40)38-26-14-11-23(33)17-25(26)28(35-18-27(38)36-37)21-7-4-3-5-8-21/h3-5,7-14,17,27,36H,6,15-16,18-20H2,1-2H3. The second-order valence-electron chi connectivity index (χ2n) is 11.6. The van der Waals surface area contributed by atoms with E-state index in [1.165, 1.54) is 22.0 Å². The lowest BCUT2D eigenvalue weighted by Gasteiger charge is -2.44. The molecule has 6 rings (SSSR count). The molecule has 0 aliphatic carbocycles. The molecule has 3 aromatic rings. The first-order valence-electron chi connectivity index (χ1n) is 14.0. The number of nitrogens with zero attached hydrogens (tertiary/aromatic N) is 3. The number of anilines is 1. The fourth-order valence-electron chi connectivity index (χ4n) is 5.57. The van der Waals surface area contributed by atoms with E-state index < -0.39 is 23.8 Å². The van der Waals surface area contributed by atoms with E-state index in [9.17, 15) is 14.0 Å². The van der Waals surface area contributed by atoms with Crippen molar-refractivity contribution in [2.75, 3.05) is 31.2 Å². The summed E-state index contributed by atoms with van der Waals surface area (Å²) in [6.07, 6.45) is 0.284. The van der Waals surface area contributed by atoms with Crippen LogP contribution in [-0.4, -0.2) is 55.0 Å². The number of hydrogen-bond acceptors (Lipinski definition) is 6. The van der Waals surface area contributed by atoms with Gasteiger partial charge in [-0.15, -0.1) is 0 Å². The summed E-state index contributed by atoms with van der Waals surface area (Å²) >= 11 is 6.36. The van der Waals surface area contributed by atoms with E-state index in [4.69, 9.17) is 26.1 Å². The van der Waals surface area contributed by atoms with Crippen molar-refractivity contribution in [2.24, 2.45) is 10.4 Å². The Hall–Kier alpha value is -3.63. The normalized spacial score (nSPS) is 21.3. The lowest BCUT2D eigenvalue weighted by Crippen LogP contribution is -2.67. The van der Waals surface area contributed by atoms with Gasteiger partial charge in [0.25, 0.3) is 0 Å². The van der Waals surface area contributed by atoms with Crippen LogP contribution in [0.2, 0.25) is 5.02 Å². The maximum atomic E-state index is 13.7. The Labute approximate surface area is 249 Å². The van der Waals surface area contributed by atoms with E-state index in [1.807, 2.05) is 30.3 Å². The van der Waals surface area contributed by atoms with Crippen LogP contribution in [0, 0.1) is 11.2 Å². The van der Waals surface area contributed by atoms with Crippen LogP contribution in [-0.2, 0) is 24.8 Å². The predicted octanol–water partition coefficient (Wildman–Crippen LogP) is 5.04. The van der Waals surface area contributed by atoms with Crippen molar-refractivity contribution in [2.45, 2.75) is 38.6 Å². The molecule has 218 valence electrons. The summed E-state index contributed by atoms with van der Waals surface area (Å²) in [7, 11) is 0. The van der Waals surface area contributed by atoms with Crippen LogP contribution in [0.3, 0.4) is 0 Å². The molecule has 0 bridgehead atoms. The summed E-state index contributed by atoms with van der Waals surface area (Å²) in [4.78, 5) is 33.3. The molecule has 42 heavy (non-hydrogen) atoms. The van der Waals surface area contributed by atoms with Crippen LogP contribution in [0.4, 0.5) is 10.1 Å². The first-order valence-corrected chi connectivity index (χ1v) is 14.4. The molecule has 10 heteroatoms. The molecule has 3 aliphatic heterocycles. The monoisotopic (exact) mass is 590 g/mol. The van der Waals surface area contributed by atoms with Crippen LogP contribution in [0.15, 0.2) is 77.8 Å². The van der Waals surface area contributed by atoms with Gasteiger partial charge in [0, 0.05) is 40.1 Å². The van der Waals surface area contributed by atoms with Gasteiger partial charge in [0.05, 0.1) is 31.2 Å². The summed E-state index contributed by atoms with van der Waals surface area (Å²) in [5.74, 6) is -2.74. The molecule has 0 saturated carbocycles. The highest BCUT2D eigenvalue weighted by atomic mass is 35.5. The Balaban J connectivity index is 1.23. The van der Waals surface area contributed by atoms with Crippen molar-refractivity contribution in [3.05, 3.63) is 100 Å². The first kappa shape index (κ1) is 28.5. The summed E-state index contributed by atoms with van der Waals surface area (Å²) in [6.45, 7) is 5.50. The molecule has 2 amide bonds. The number of aliphatic imine (C=N–C) groups is 1. The molecule has 1 unspecified atom stereocenters. The van der Waals surface area contributed by atoms with Crippen molar-refractivity contribution in [3.8, 4) is 0 Å². The molecule has 0 radical (unpaired) electrons. The van der Waals surface area contributed by atoms with Gasteiger partial charge in [-0.3, -0.25) is 24.5 Å². The van der Waals surface area contributed by atoms with E-state index in [-0.39, 0.29) is 24.3 Å². The number of carbonyl (C=O) groups excluding carboxylic acids is 2. The van der Waals surface area contributed by atoms with Crippen LogP contribution < -0.4 is 10.3 Å². The van der Waals surface area contributed by atoms with Crippen molar-refractivity contribution >= 4 is 34.8 Å². The quantitative estimate of drug-likeness (QED) is 0.407. The molecule has 1 atom stereocenters. The maximum absolute atomic E-state index is 13.7. The van der Waals surface area contributed by atoms with Crippen LogP contribution >= 0.6 is 11.6 Å². The zero-order valence-electron chi connectivity index (χ0n) is 23.5.